The molecule has 0 amide bonds. The zero-order valence-corrected chi connectivity index (χ0v) is 21.2. The van der Waals surface area contributed by atoms with Crippen molar-refractivity contribution in [3.63, 3.8) is 0 Å². The maximum Gasteiger partial charge on any atom is 0.112 e. The van der Waals surface area contributed by atoms with Crippen molar-refractivity contribution < 1.29 is 4.74 Å². The van der Waals surface area contributed by atoms with Gasteiger partial charge in [-0.2, -0.15) is 0 Å². The van der Waals surface area contributed by atoms with E-state index in [0.29, 0.717) is 17.9 Å². The van der Waals surface area contributed by atoms with Crippen LogP contribution in [0, 0.1) is 12.8 Å². The summed E-state index contributed by atoms with van der Waals surface area (Å²) in [5.41, 5.74) is 6.67. The molecule has 1 aromatic heterocycles. The van der Waals surface area contributed by atoms with Crippen molar-refractivity contribution in [1.29, 1.82) is 0 Å². The molecule has 170 valence electrons. The number of piperidine rings is 1. The molecule has 1 saturated heterocycles. The highest BCUT2D eigenvalue weighted by Crippen LogP contribution is 2.35. The van der Waals surface area contributed by atoms with Crippen LogP contribution in [0.25, 0.3) is 11.0 Å². The normalized spacial score (nSPS) is 23.9. The molecular weight excluding hydrogens is 462 g/mol. The van der Waals surface area contributed by atoms with Crippen molar-refractivity contribution >= 4 is 27.0 Å². The Balaban J connectivity index is 1.34. The highest BCUT2D eigenvalue weighted by Gasteiger charge is 2.35. The summed E-state index contributed by atoms with van der Waals surface area (Å²) in [6, 6.07) is 13.8. The standard InChI is InChI=1S/C27H34BrN3O/c1-17(2)27-29-23-11-18(3)5-8-24(23)31(27)25-9-10-30(16-26(25)32-4)15-19-12-20-6-7-22(28)14-21(20)13-19/h5-8,11,14,17,19,25-26H,9-10,12-13,15-16H2,1-4H3/t19-,25-,26+/m0/s1. The number of hydrogen-bond acceptors (Lipinski definition) is 3. The number of imidazole rings is 1. The largest absolute Gasteiger partial charge is 0.378 e. The van der Waals surface area contributed by atoms with Crippen LogP contribution in [0.3, 0.4) is 0 Å². The minimum Gasteiger partial charge on any atom is -0.378 e. The van der Waals surface area contributed by atoms with Crippen molar-refractivity contribution in [2.45, 2.75) is 58.1 Å². The molecular formula is C27H34BrN3O. The highest BCUT2D eigenvalue weighted by atomic mass is 79.9. The van der Waals surface area contributed by atoms with Crippen LogP contribution in [0.15, 0.2) is 40.9 Å². The van der Waals surface area contributed by atoms with Gasteiger partial charge in [0.15, 0.2) is 0 Å². The first kappa shape index (κ1) is 22.1. The Morgan fingerprint density at radius 1 is 1.12 bits per heavy atom. The molecule has 32 heavy (non-hydrogen) atoms. The first-order valence-electron chi connectivity index (χ1n) is 11.9. The third kappa shape index (κ3) is 4.15. The van der Waals surface area contributed by atoms with E-state index < -0.39 is 0 Å². The highest BCUT2D eigenvalue weighted by molar-refractivity contribution is 9.10. The van der Waals surface area contributed by atoms with E-state index in [-0.39, 0.29) is 6.10 Å². The number of ether oxygens (including phenoxy) is 1. The van der Waals surface area contributed by atoms with Gasteiger partial charge < -0.3 is 14.2 Å². The van der Waals surface area contributed by atoms with Gasteiger partial charge in [-0.25, -0.2) is 4.98 Å². The average Bonchev–Trinajstić information content (AvgIpc) is 3.33. The average molecular weight is 496 g/mol. The molecule has 1 aliphatic heterocycles. The van der Waals surface area contributed by atoms with Crippen LogP contribution >= 0.6 is 15.9 Å². The summed E-state index contributed by atoms with van der Waals surface area (Å²) >= 11 is 3.63. The summed E-state index contributed by atoms with van der Waals surface area (Å²) in [5.74, 6) is 2.27. The molecule has 4 nitrogen and oxygen atoms in total. The van der Waals surface area contributed by atoms with Gasteiger partial charge in [-0.1, -0.05) is 41.9 Å². The molecule has 1 fully saturated rings. The van der Waals surface area contributed by atoms with Gasteiger partial charge in [-0.3, -0.25) is 0 Å². The molecule has 5 rings (SSSR count). The van der Waals surface area contributed by atoms with Crippen LogP contribution in [0.4, 0.5) is 0 Å². The van der Waals surface area contributed by atoms with Crippen LogP contribution < -0.4 is 0 Å². The van der Waals surface area contributed by atoms with E-state index in [2.05, 4.69) is 82.6 Å². The van der Waals surface area contributed by atoms with Gasteiger partial charge in [0.25, 0.3) is 0 Å². The van der Waals surface area contributed by atoms with Crippen LogP contribution in [-0.2, 0) is 17.6 Å². The van der Waals surface area contributed by atoms with Crippen molar-refractivity contribution in [1.82, 2.24) is 14.5 Å². The zero-order chi connectivity index (χ0) is 22.4. The summed E-state index contributed by atoms with van der Waals surface area (Å²) in [6.45, 7) is 9.89. The van der Waals surface area contributed by atoms with Crippen molar-refractivity contribution in [3.05, 3.63) is 63.4 Å². The SMILES string of the molecule is CO[C@@H]1CN(C[C@H]2Cc3ccc(Br)cc3C2)CC[C@@H]1n1c(C(C)C)nc2cc(C)ccc21. The van der Waals surface area contributed by atoms with E-state index in [4.69, 9.17) is 9.72 Å². The maximum absolute atomic E-state index is 6.11. The number of methoxy groups -OCH3 is 1. The molecule has 0 N–H and O–H groups in total. The van der Waals surface area contributed by atoms with E-state index in [1.807, 2.05) is 7.11 Å². The predicted octanol–water partition coefficient (Wildman–Crippen LogP) is 5.91. The van der Waals surface area contributed by atoms with E-state index in [1.54, 1.807) is 0 Å². The van der Waals surface area contributed by atoms with Gasteiger partial charge in [-0.05, 0) is 73.1 Å². The fourth-order valence-corrected chi connectivity index (χ4v) is 6.22. The number of fused-ring (bicyclic) bond motifs is 2. The first-order valence-corrected chi connectivity index (χ1v) is 12.7. The van der Waals surface area contributed by atoms with Crippen LogP contribution in [-0.4, -0.2) is 47.3 Å². The van der Waals surface area contributed by atoms with Crippen LogP contribution in [0.1, 0.15) is 54.7 Å². The maximum atomic E-state index is 6.11. The van der Waals surface area contributed by atoms with Gasteiger partial charge in [0.05, 0.1) is 23.2 Å². The molecule has 2 aliphatic rings. The Hall–Kier alpha value is -1.69. The molecule has 2 aromatic carbocycles. The van der Waals surface area contributed by atoms with Crippen LogP contribution in [0.5, 0.6) is 0 Å². The number of halogens is 1. The lowest BCUT2D eigenvalue weighted by Crippen LogP contribution is -2.47. The van der Waals surface area contributed by atoms with Crippen molar-refractivity contribution in [2.75, 3.05) is 26.7 Å². The van der Waals surface area contributed by atoms with Gasteiger partial charge in [-0.15, -0.1) is 0 Å². The van der Waals surface area contributed by atoms with Crippen molar-refractivity contribution in [3.8, 4) is 0 Å². The fraction of sp³-hybridized carbons (Fsp3) is 0.519. The number of rotatable bonds is 5. The van der Waals surface area contributed by atoms with Crippen molar-refractivity contribution in [2.24, 2.45) is 5.92 Å². The molecule has 1 aliphatic carbocycles. The van der Waals surface area contributed by atoms with E-state index in [1.165, 1.54) is 45.3 Å². The fourth-order valence-electron chi connectivity index (χ4n) is 5.82. The molecule has 0 bridgehead atoms. The summed E-state index contributed by atoms with van der Waals surface area (Å²) in [4.78, 5) is 7.67. The molecule has 0 radical (unpaired) electrons. The molecule has 3 aromatic rings. The smallest absolute Gasteiger partial charge is 0.112 e. The Labute approximate surface area is 200 Å². The van der Waals surface area contributed by atoms with E-state index >= 15 is 0 Å². The number of likely N-dealkylation sites (tertiary alicyclic amines) is 1. The lowest BCUT2D eigenvalue weighted by Gasteiger charge is -2.40. The monoisotopic (exact) mass is 495 g/mol. The van der Waals surface area contributed by atoms with E-state index in [9.17, 15) is 0 Å². The quantitative estimate of drug-likeness (QED) is 0.440. The van der Waals surface area contributed by atoms with Gasteiger partial charge in [0.2, 0.25) is 0 Å². The first-order chi connectivity index (χ1) is 15.4. The Bertz CT molecular complexity index is 1120. The number of benzene rings is 2. The topological polar surface area (TPSA) is 30.3 Å². The molecule has 0 unspecified atom stereocenters. The van der Waals surface area contributed by atoms with E-state index in [0.717, 1.165) is 31.6 Å². The second-order valence-corrected chi connectivity index (χ2v) is 11.0. The van der Waals surface area contributed by atoms with Gasteiger partial charge in [0.1, 0.15) is 5.82 Å². The molecule has 3 atom stereocenters. The third-order valence-electron chi connectivity index (χ3n) is 7.33. The minimum absolute atomic E-state index is 0.179. The lowest BCUT2D eigenvalue weighted by molar-refractivity contribution is -0.00966. The molecule has 0 saturated carbocycles. The Morgan fingerprint density at radius 2 is 1.94 bits per heavy atom. The van der Waals surface area contributed by atoms with Gasteiger partial charge in [0, 0.05) is 37.1 Å². The number of aromatic nitrogens is 2. The third-order valence-corrected chi connectivity index (χ3v) is 7.83. The Kier molecular flexibility index (Phi) is 6.17. The summed E-state index contributed by atoms with van der Waals surface area (Å²) in [7, 11) is 1.88. The number of aryl methyl sites for hydroxylation is 1. The van der Waals surface area contributed by atoms with Crippen LogP contribution in [0.2, 0.25) is 0 Å². The second kappa shape index (κ2) is 8.92. The summed E-state index contributed by atoms with van der Waals surface area (Å²) < 4.78 is 9.80. The zero-order valence-electron chi connectivity index (χ0n) is 19.6. The number of nitrogens with zero attached hydrogens (tertiary/aromatic N) is 3. The minimum atomic E-state index is 0.179. The molecule has 2 heterocycles. The molecule has 5 heteroatoms. The summed E-state index contributed by atoms with van der Waals surface area (Å²) in [6.07, 6.45) is 3.67. The summed E-state index contributed by atoms with van der Waals surface area (Å²) in [5, 5.41) is 0. The second-order valence-electron chi connectivity index (χ2n) is 10.1. The lowest BCUT2D eigenvalue weighted by atomic mass is 9.97. The Morgan fingerprint density at radius 3 is 2.72 bits per heavy atom. The van der Waals surface area contributed by atoms with Gasteiger partial charge >= 0.3 is 0 Å². The predicted molar refractivity (Wildman–Crippen MR) is 134 cm³/mol. The number of hydrogen-bond donors (Lipinski definition) is 0. The molecule has 0 spiro atoms.